The summed E-state index contributed by atoms with van der Waals surface area (Å²) in [6.07, 6.45) is 0.0946. The van der Waals surface area contributed by atoms with Gasteiger partial charge in [-0.25, -0.2) is 9.59 Å². The van der Waals surface area contributed by atoms with Gasteiger partial charge < -0.3 is 9.47 Å². The molecule has 0 saturated carbocycles. The van der Waals surface area contributed by atoms with Crippen LogP contribution in [0.5, 0.6) is 0 Å². The smallest absolute Gasteiger partial charge is 0.338 e. The molecule has 0 spiro atoms. The zero-order valence-electron chi connectivity index (χ0n) is 13.8. The minimum Gasteiger partial charge on any atom is -0.465 e. The number of nitriles is 1. The highest BCUT2D eigenvalue weighted by Gasteiger charge is 2.24. The Hall–Kier alpha value is -2.65. The number of esters is 2. The summed E-state index contributed by atoms with van der Waals surface area (Å²) < 4.78 is 9.77. The normalized spacial score (nSPS) is 10.0. The van der Waals surface area contributed by atoms with Crippen LogP contribution in [0.25, 0.3) is 11.1 Å². The Balaban J connectivity index is 2.92. The second-order valence-corrected chi connectivity index (χ2v) is 5.69. The average Bonchev–Trinajstić information content (AvgIpc) is 2.66. The third kappa shape index (κ3) is 3.72. The van der Waals surface area contributed by atoms with Gasteiger partial charge in [-0.05, 0) is 23.3 Å². The van der Waals surface area contributed by atoms with Crippen molar-refractivity contribution in [2.24, 2.45) is 0 Å². The van der Waals surface area contributed by atoms with E-state index in [0.29, 0.717) is 33.1 Å². The third-order valence-corrected chi connectivity index (χ3v) is 4.38. The highest BCUT2D eigenvalue weighted by Crippen LogP contribution is 2.36. The summed E-state index contributed by atoms with van der Waals surface area (Å²) in [6, 6.07) is 12.4. The largest absolute Gasteiger partial charge is 0.465 e. The molecule has 2 aromatic rings. The minimum atomic E-state index is -0.532. The molecule has 0 N–H and O–H groups in total. The van der Waals surface area contributed by atoms with E-state index in [-0.39, 0.29) is 6.42 Å². The first-order valence-corrected chi connectivity index (χ1v) is 8.54. The number of ether oxygens (including phenoxy) is 2. The van der Waals surface area contributed by atoms with E-state index in [9.17, 15) is 9.59 Å². The van der Waals surface area contributed by atoms with Crippen molar-refractivity contribution in [3.63, 3.8) is 0 Å². The molecule has 2 rings (SSSR count). The van der Waals surface area contributed by atoms with Crippen LogP contribution in [0.15, 0.2) is 36.4 Å². The summed E-state index contributed by atoms with van der Waals surface area (Å²) in [5.74, 6) is -1.05. The molecule has 0 radical (unpaired) electrons. The number of nitrogens with zero attached hydrogens (tertiary/aromatic N) is 1. The Kier molecular flexibility index (Phi) is 6.31. The van der Waals surface area contributed by atoms with E-state index in [1.807, 2.05) is 6.07 Å². The molecule has 25 heavy (non-hydrogen) atoms. The summed E-state index contributed by atoms with van der Waals surface area (Å²) in [5.41, 5.74) is 3.16. The molecule has 5 nitrogen and oxygen atoms in total. The number of hydrogen-bond donors (Lipinski definition) is 0. The van der Waals surface area contributed by atoms with Crippen molar-refractivity contribution >= 4 is 27.9 Å². The maximum absolute atomic E-state index is 12.3. The molecule has 2 aromatic carbocycles. The van der Waals surface area contributed by atoms with Gasteiger partial charge in [0.25, 0.3) is 0 Å². The molecule has 0 saturated heterocycles. The second kappa shape index (κ2) is 8.45. The summed E-state index contributed by atoms with van der Waals surface area (Å²) >= 11 is 3.42. The first-order valence-electron chi connectivity index (χ1n) is 7.42. The van der Waals surface area contributed by atoms with Crippen LogP contribution in [0.2, 0.25) is 0 Å². The number of halogens is 1. The van der Waals surface area contributed by atoms with Crippen molar-refractivity contribution in [2.75, 3.05) is 14.2 Å². The fourth-order valence-corrected chi connectivity index (χ4v) is 3.16. The van der Waals surface area contributed by atoms with Gasteiger partial charge in [0.05, 0.1) is 37.8 Å². The van der Waals surface area contributed by atoms with E-state index in [1.54, 1.807) is 30.3 Å². The highest BCUT2D eigenvalue weighted by atomic mass is 79.9. The van der Waals surface area contributed by atoms with Crippen molar-refractivity contribution < 1.29 is 19.1 Å². The van der Waals surface area contributed by atoms with Crippen molar-refractivity contribution in [3.05, 3.63) is 58.7 Å². The predicted molar refractivity (Wildman–Crippen MR) is 96.5 cm³/mol. The fourth-order valence-electron chi connectivity index (χ4n) is 2.69. The van der Waals surface area contributed by atoms with E-state index >= 15 is 0 Å². The van der Waals surface area contributed by atoms with Crippen LogP contribution in [0.4, 0.5) is 0 Å². The van der Waals surface area contributed by atoms with E-state index < -0.39 is 11.9 Å². The van der Waals surface area contributed by atoms with Crippen LogP contribution in [0.3, 0.4) is 0 Å². The van der Waals surface area contributed by atoms with E-state index in [1.165, 1.54) is 14.2 Å². The van der Waals surface area contributed by atoms with Gasteiger partial charge in [-0.1, -0.05) is 40.2 Å². The van der Waals surface area contributed by atoms with E-state index in [2.05, 4.69) is 22.0 Å². The zero-order valence-corrected chi connectivity index (χ0v) is 15.4. The number of rotatable bonds is 5. The number of benzene rings is 2. The molecule has 0 unspecified atom stereocenters. The molecule has 0 bridgehead atoms. The molecule has 0 aliphatic carbocycles. The van der Waals surface area contributed by atoms with Crippen molar-refractivity contribution in [3.8, 4) is 17.2 Å². The number of hydrogen-bond acceptors (Lipinski definition) is 5. The average molecular weight is 402 g/mol. The van der Waals surface area contributed by atoms with Gasteiger partial charge in [-0.3, -0.25) is 0 Å². The highest BCUT2D eigenvalue weighted by molar-refractivity contribution is 9.08. The molecule has 0 atom stereocenters. The first kappa shape index (κ1) is 18.7. The van der Waals surface area contributed by atoms with Gasteiger partial charge in [0, 0.05) is 16.5 Å². The molecule has 0 aliphatic rings. The number of methoxy groups -OCH3 is 2. The lowest BCUT2D eigenvalue weighted by Crippen LogP contribution is -2.11. The number of carbonyl (C=O) groups is 2. The lowest BCUT2D eigenvalue weighted by Gasteiger charge is -2.18. The van der Waals surface area contributed by atoms with Gasteiger partial charge in [-0.15, -0.1) is 0 Å². The molecule has 128 valence electrons. The van der Waals surface area contributed by atoms with Crippen LogP contribution in [0.1, 0.15) is 31.8 Å². The Bertz CT molecular complexity index is 855. The molecular formula is C19H16BrNO4. The lowest BCUT2D eigenvalue weighted by molar-refractivity contribution is 0.0590. The Morgan fingerprint density at radius 3 is 1.88 bits per heavy atom. The summed E-state index contributed by atoms with van der Waals surface area (Å²) in [7, 11) is 2.59. The molecule has 0 heterocycles. The maximum Gasteiger partial charge on any atom is 0.338 e. The monoisotopic (exact) mass is 401 g/mol. The SMILES string of the molecule is COC(=O)c1cccc(CBr)c1-c1c(CC#N)cccc1C(=O)OC. The fraction of sp³-hybridized carbons (Fsp3) is 0.211. The zero-order chi connectivity index (χ0) is 18.4. The minimum absolute atomic E-state index is 0.0946. The van der Waals surface area contributed by atoms with Gasteiger partial charge in [0.15, 0.2) is 0 Å². The van der Waals surface area contributed by atoms with Crippen LogP contribution in [-0.2, 0) is 21.2 Å². The molecular weight excluding hydrogens is 386 g/mol. The molecule has 0 aromatic heterocycles. The summed E-state index contributed by atoms with van der Waals surface area (Å²) in [6.45, 7) is 0. The summed E-state index contributed by atoms with van der Waals surface area (Å²) in [5, 5.41) is 9.63. The van der Waals surface area contributed by atoms with Crippen LogP contribution < -0.4 is 0 Å². The Morgan fingerprint density at radius 2 is 1.44 bits per heavy atom. The molecule has 0 amide bonds. The second-order valence-electron chi connectivity index (χ2n) is 5.13. The molecule has 6 heteroatoms. The Morgan fingerprint density at radius 1 is 0.960 bits per heavy atom. The standard InChI is InChI=1S/C19H16BrNO4/c1-24-18(22)14-7-3-5-12(9-10-21)16(14)17-13(11-20)6-4-8-15(17)19(23)25-2/h3-8H,9,11H2,1-2H3. The van der Waals surface area contributed by atoms with Crippen molar-refractivity contribution in [1.29, 1.82) is 5.26 Å². The first-order chi connectivity index (χ1) is 12.1. The van der Waals surface area contributed by atoms with E-state index in [4.69, 9.17) is 14.7 Å². The molecule has 0 aliphatic heterocycles. The van der Waals surface area contributed by atoms with Crippen LogP contribution >= 0.6 is 15.9 Å². The van der Waals surface area contributed by atoms with Gasteiger partial charge in [-0.2, -0.15) is 5.26 Å². The van der Waals surface area contributed by atoms with Crippen molar-refractivity contribution in [2.45, 2.75) is 11.8 Å². The van der Waals surface area contributed by atoms with Gasteiger partial charge >= 0.3 is 11.9 Å². The summed E-state index contributed by atoms with van der Waals surface area (Å²) in [4.78, 5) is 24.6. The topological polar surface area (TPSA) is 76.4 Å². The quantitative estimate of drug-likeness (QED) is 0.560. The van der Waals surface area contributed by atoms with Crippen LogP contribution in [-0.4, -0.2) is 26.2 Å². The van der Waals surface area contributed by atoms with Crippen molar-refractivity contribution in [1.82, 2.24) is 0 Å². The van der Waals surface area contributed by atoms with Gasteiger partial charge in [0.1, 0.15) is 0 Å². The van der Waals surface area contributed by atoms with Crippen LogP contribution in [0, 0.1) is 11.3 Å². The number of carbonyl (C=O) groups excluding carboxylic acids is 2. The number of alkyl halides is 1. The lowest BCUT2D eigenvalue weighted by atomic mass is 9.87. The third-order valence-electron chi connectivity index (χ3n) is 3.78. The van der Waals surface area contributed by atoms with E-state index in [0.717, 1.165) is 5.56 Å². The predicted octanol–water partition coefficient (Wildman–Crippen LogP) is 3.89. The molecule has 0 fully saturated rings. The van der Waals surface area contributed by atoms with Gasteiger partial charge in [0.2, 0.25) is 0 Å². The Labute approximate surface area is 154 Å². The maximum atomic E-state index is 12.3.